The minimum absolute atomic E-state index is 0.345. The molecular weight excluding hydrogens is 661 g/mol. The molecule has 1 aliphatic rings. The third kappa shape index (κ3) is 6.10. The van der Waals surface area contributed by atoms with Gasteiger partial charge in [-0.2, -0.15) is 5.26 Å². The standard InChI is InChI=1S/C49H34N4O/c1-49(2)42-26-32(31-50)22-24-44(42)54-45-25-23-39(30-43(45)49)37-18-9-17-36(27-37)38-19-11-21-41(29-38)48-52-46(34-14-7-4-8-15-34)51-47(53-48)40-20-10-16-35(28-40)33-12-5-3-6-13-33/h3-30H,1-2H3. The summed E-state index contributed by atoms with van der Waals surface area (Å²) in [5.41, 5.74) is 11.7. The number of benzene rings is 7. The fourth-order valence-corrected chi connectivity index (χ4v) is 7.26. The smallest absolute Gasteiger partial charge is 0.164 e. The van der Waals surface area contributed by atoms with Gasteiger partial charge in [-0.25, -0.2) is 15.0 Å². The summed E-state index contributed by atoms with van der Waals surface area (Å²) in [6.07, 6.45) is 0. The number of ether oxygens (including phenoxy) is 1. The van der Waals surface area contributed by atoms with Crippen LogP contribution in [-0.2, 0) is 5.41 Å². The van der Waals surface area contributed by atoms with Crippen LogP contribution in [0.4, 0.5) is 0 Å². The van der Waals surface area contributed by atoms with Crippen LogP contribution in [0.3, 0.4) is 0 Å². The molecule has 9 rings (SSSR count). The van der Waals surface area contributed by atoms with Crippen LogP contribution in [0, 0.1) is 11.3 Å². The van der Waals surface area contributed by atoms with E-state index in [0.717, 1.165) is 72.7 Å². The average Bonchev–Trinajstić information content (AvgIpc) is 3.24. The van der Waals surface area contributed by atoms with Gasteiger partial charge in [0.15, 0.2) is 17.5 Å². The molecule has 1 aromatic heterocycles. The molecule has 2 heterocycles. The quantitative estimate of drug-likeness (QED) is 0.173. The van der Waals surface area contributed by atoms with Gasteiger partial charge in [0, 0.05) is 33.2 Å². The Morgan fingerprint density at radius 1 is 0.407 bits per heavy atom. The van der Waals surface area contributed by atoms with Gasteiger partial charge in [-0.15, -0.1) is 0 Å². The maximum Gasteiger partial charge on any atom is 0.164 e. The predicted molar refractivity (Wildman–Crippen MR) is 216 cm³/mol. The van der Waals surface area contributed by atoms with Crippen LogP contribution in [0.15, 0.2) is 170 Å². The summed E-state index contributed by atoms with van der Waals surface area (Å²) in [6, 6.07) is 60.1. The summed E-state index contributed by atoms with van der Waals surface area (Å²) >= 11 is 0. The molecule has 0 fully saturated rings. The zero-order valence-corrected chi connectivity index (χ0v) is 29.9. The highest BCUT2D eigenvalue weighted by Gasteiger charge is 2.34. The van der Waals surface area contributed by atoms with Crippen molar-refractivity contribution in [1.29, 1.82) is 5.26 Å². The van der Waals surface area contributed by atoms with E-state index in [1.54, 1.807) is 0 Å². The normalized spacial score (nSPS) is 12.5. The number of nitrogens with zero attached hydrogens (tertiary/aromatic N) is 4. The van der Waals surface area contributed by atoms with E-state index in [-0.39, 0.29) is 5.41 Å². The fraction of sp³-hybridized carbons (Fsp3) is 0.0612. The number of nitriles is 1. The minimum atomic E-state index is -0.345. The fourth-order valence-electron chi connectivity index (χ4n) is 7.26. The molecule has 0 atom stereocenters. The number of rotatable bonds is 6. The van der Waals surface area contributed by atoms with Crippen molar-refractivity contribution >= 4 is 0 Å². The second kappa shape index (κ2) is 13.4. The summed E-state index contributed by atoms with van der Waals surface area (Å²) in [7, 11) is 0. The van der Waals surface area contributed by atoms with Crippen LogP contribution in [0.1, 0.15) is 30.5 Å². The SMILES string of the molecule is CC1(C)c2cc(C#N)ccc2Oc2ccc(-c3cccc(-c4cccc(-c5nc(-c6ccccc6)nc(-c6cccc(-c7ccccc7)c6)n5)c4)c3)cc21. The largest absolute Gasteiger partial charge is 0.457 e. The molecule has 0 saturated heterocycles. The molecular formula is C49H34N4O. The maximum atomic E-state index is 9.56. The third-order valence-electron chi connectivity index (χ3n) is 10.2. The first kappa shape index (κ1) is 32.7. The van der Waals surface area contributed by atoms with Crippen LogP contribution < -0.4 is 4.74 Å². The Hall–Kier alpha value is -7.16. The Bertz CT molecular complexity index is 2730. The van der Waals surface area contributed by atoms with E-state index in [9.17, 15) is 5.26 Å². The van der Waals surface area contributed by atoms with Gasteiger partial charge < -0.3 is 4.74 Å². The van der Waals surface area contributed by atoms with Crippen molar-refractivity contribution in [3.8, 4) is 85.1 Å². The summed E-state index contributed by atoms with van der Waals surface area (Å²) in [6.45, 7) is 4.38. The molecule has 0 amide bonds. The lowest BCUT2D eigenvalue weighted by Crippen LogP contribution is -2.24. The lowest BCUT2D eigenvalue weighted by Gasteiger charge is -2.35. The van der Waals surface area contributed by atoms with Crippen molar-refractivity contribution in [2.45, 2.75) is 19.3 Å². The van der Waals surface area contributed by atoms with Crippen LogP contribution >= 0.6 is 0 Å². The Balaban J connectivity index is 1.09. The molecule has 54 heavy (non-hydrogen) atoms. The monoisotopic (exact) mass is 694 g/mol. The Kier molecular flexibility index (Phi) is 8.14. The van der Waals surface area contributed by atoms with Crippen molar-refractivity contribution in [3.05, 3.63) is 187 Å². The van der Waals surface area contributed by atoms with Gasteiger partial charge in [0.05, 0.1) is 11.6 Å². The summed E-state index contributed by atoms with van der Waals surface area (Å²) in [5, 5.41) is 9.56. The van der Waals surface area contributed by atoms with Crippen molar-refractivity contribution in [1.82, 2.24) is 15.0 Å². The molecule has 7 aromatic carbocycles. The van der Waals surface area contributed by atoms with E-state index in [0.29, 0.717) is 23.0 Å². The molecule has 0 aliphatic carbocycles. The minimum Gasteiger partial charge on any atom is -0.457 e. The highest BCUT2D eigenvalue weighted by molar-refractivity contribution is 5.78. The van der Waals surface area contributed by atoms with Crippen molar-refractivity contribution in [3.63, 3.8) is 0 Å². The summed E-state index contributed by atoms with van der Waals surface area (Å²) < 4.78 is 6.33. The van der Waals surface area contributed by atoms with Crippen LogP contribution in [0.5, 0.6) is 11.5 Å². The van der Waals surface area contributed by atoms with Gasteiger partial charge >= 0.3 is 0 Å². The van der Waals surface area contributed by atoms with Crippen molar-refractivity contribution in [2.24, 2.45) is 0 Å². The number of fused-ring (bicyclic) bond motifs is 2. The van der Waals surface area contributed by atoms with Gasteiger partial charge in [-0.1, -0.05) is 135 Å². The Labute approximate surface area is 314 Å². The maximum absolute atomic E-state index is 9.56. The Morgan fingerprint density at radius 2 is 0.815 bits per heavy atom. The van der Waals surface area contributed by atoms with E-state index in [1.165, 1.54) is 0 Å². The first-order chi connectivity index (χ1) is 26.4. The number of aromatic nitrogens is 3. The molecule has 0 bridgehead atoms. The highest BCUT2D eigenvalue weighted by atomic mass is 16.5. The van der Waals surface area contributed by atoms with Crippen molar-refractivity contribution < 1.29 is 4.74 Å². The summed E-state index contributed by atoms with van der Waals surface area (Å²) in [5.74, 6) is 3.48. The molecule has 5 nitrogen and oxygen atoms in total. The third-order valence-corrected chi connectivity index (χ3v) is 10.2. The first-order valence-corrected chi connectivity index (χ1v) is 18.0. The molecule has 0 saturated carbocycles. The van der Waals surface area contributed by atoms with Gasteiger partial charge in [0.25, 0.3) is 0 Å². The second-order valence-electron chi connectivity index (χ2n) is 14.0. The van der Waals surface area contributed by atoms with Gasteiger partial charge in [-0.05, 0) is 81.9 Å². The zero-order chi connectivity index (χ0) is 36.6. The molecule has 8 aromatic rings. The van der Waals surface area contributed by atoms with Gasteiger partial charge in [-0.3, -0.25) is 0 Å². The second-order valence-corrected chi connectivity index (χ2v) is 14.0. The van der Waals surface area contributed by atoms with Crippen LogP contribution in [-0.4, -0.2) is 15.0 Å². The van der Waals surface area contributed by atoms with Crippen LogP contribution in [0.2, 0.25) is 0 Å². The number of hydrogen-bond acceptors (Lipinski definition) is 5. The summed E-state index contributed by atoms with van der Waals surface area (Å²) in [4.78, 5) is 15.0. The van der Waals surface area contributed by atoms with E-state index < -0.39 is 0 Å². The lowest BCUT2D eigenvalue weighted by atomic mass is 9.74. The zero-order valence-electron chi connectivity index (χ0n) is 29.9. The molecule has 0 radical (unpaired) electrons. The molecule has 5 heteroatoms. The molecule has 0 spiro atoms. The van der Waals surface area contributed by atoms with Crippen molar-refractivity contribution in [2.75, 3.05) is 0 Å². The first-order valence-electron chi connectivity index (χ1n) is 18.0. The number of hydrogen-bond donors (Lipinski definition) is 0. The molecule has 0 N–H and O–H groups in total. The van der Waals surface area contributed by atoms with Crippen LogP contribution in [0.25, 0.3) is 67.5 Å². The highest BCUT2D eigenvalue weighted by Crippen LogP contribution is 2.49. The predicted octanol–water partition coefficient (Wildman–Crippen LogP) is 12.2. The average molecular weight is 695 g/mol. The molecule has 256 valence electrons. The van der Waals surface area contributed by atoms with E-state index in [4.69, 9.17) is 19.7 Å². The van der Waals surface area contributed by atoms with E-state index in [1.807, 2.05) is 66.7 Å². The lowest BCUT2D eigenvalue weighted by molar-refractivity contribution is 0.418. The molecule has 0 unspecified atom stereocenters. The van der Waals surface area contributed by atoms with E-state index in [2.05, 4.69) is 123 Å². The van der Waals surface area contributed by atoms with Gasteiger partial charge in [0.2, 0.25) is 0 Å². The van der Waals surface area contributed by atoms with Gasteiger partial charge in [0.1, 0.15) is 11.5 Å². The topological polar surface area (TPSA) is 71.7 Å². The molecule has 1 aliphatic heterocycles. The Morgan fingerprint density at radius 3 is 1.37 bits per heavy atom. The van der Waals surface area contributed by atoms with E-state index >= 15 is 0 Å².